The van der Waals surface area contributed by atoms with E-state index in [1.165, 1.54) is 11.8 Å². The number of ether oxygens (including phenoxy) is 1. The molecule has 1 unspecified atom stereocenters. The lowest BCUT2D eigenvalue weighted by Gasteiger charge is -2.16. The summed E-state index contributed by atoms with van der Waals surface area (Å²) in [6.45, 7) is 1.40. The Hall–Kier alpha value is -3.65. The number of rotatable bonds is 8. The minimum absolute atomic E-state index is 0.210. The van der Waals surface area contributed by atoms with Gasteiger partial charge in [0.25, 0.3) is 11.8 Å². The Labute approximate surface area is 190 Å². The van der Waals surface area contributed by atoms with Crippen LogP contribution in [0.15, 0.2) is 78.0 Å². The number of esters is 1. The fraction of sp³-hybridized carbons (Fsp3) is 0.167. The van der Waals surface area contributed by atoms with Gasteiger partial charge in [0.15, 0.2) is 6.61 Å². The number of nitrogens with zero attached hydrogens (tertiary/aromatic N) is 1. The van der Waals surface area contributed by atoms with E-state index < -0.39 is 18.5 Å². The van der Waals surface area contributed by atoms with Crippen LogP contribution in [0.1, 0.15) is 39.2 Å². The molecule has 164 valence electrons. The monoisotopic (exact) mass is 449 g/mol. The Kier molecular flexibility index (Phi) is 7.99. The number of para-hydroxylation sites is 1. The maximum Gasteiger partial charge on any atom is 0.341 e. The van der Waals surface area contributed by atoms with E-state index in [-0.39, 0.29) is 11.9 Å². The Morgan fingerprint density at radius 1 is 0.969 bits per heavy atom. The molecule has 3 rings (SSSR count). The lowest BCUT2D eigenvalue weighted by Crippen LogP contribution is -2.28. The van der Waals surface area contributed by atoms with Crippen molar-refractivity contribution in [2.75, 3.05) is 18.2 Å². The SMILES string of the molecule is CSc1ncccc1C(=O)OCC(=O)Nc1ccccc1C(=O)NC(C)c1ccccc1. The minimum atomic E-state index is -0.639. The molecule has 0 saturated heterocycles. The summed E-state index contributed by atoms with van der Waals surface area (Å²) in [6, 6.07) is 19.2. The molecule has 7 nitrogen and oxygen atoms in total. The van der Waals surface area contributed by atoms with Gasteiger partial charge in [-0.05, 0) is 43.0 Å². The molecule has 2 amide bonds. The van der Waals surface area contributed by atoms with Gasteiger partial charge in [0.2, 0.25) is 0 Å². The molecule has 2 N–H and O–H groups in total. The molecule has 32 heavy (non-hydrogen) atoms. The van der Waals surface area contributed by atoms with Crippen LogP contribution in [0.2, 0.25) is 0 Å². The number of hydrogen-bond donors (Lipinski definition) is 2. The van der Waals surface area contributed by atoms with Crippen molar-refractivity contribution in [3.8, 4) is 0 Å². The van der Waals surface area contributed by atoms with Crippen molar-refractivity contribution in [2.24, 2.45) is 0 Å². The average molecular weight is 450 g/mol. The first-order valence-electron chi connectivity index (χ1n) is 9.90. The molecule has 3 aromatic rings. The third-order valence-electron chi connectivity index (χ3n) is 4.61. The number of thioether (sulfide) groups is 1. The zero-order valence-corrected chi connectivity index (χ0v) is 18.5. The van der Waals surface area contributed by atoms with Crippen molar-refractivity contribution < 1.29 is 19.1 Å². The molecule has 2 aromatic carbocycles. The molecule has 0 bridgehead atoms. The Bertz CT molecular complexity index is 1110. The van der Waals surface area contributed by atoms with Gasteiger partial charge in [-0.3, -0.25) is 9.59 Å². The molecule has 0 aliphatic carbocycles. The first-order chi connectivity index (χ1) is 15.5. The maximum absolute atomic E-state index is 12.8. The molecule has 0 aliphatic heterocycles. The van der Waals surface area contributed by atoms with E-state index in [9.17, 15) is 14.4 Å². The van der Waals surface area contributed by atoms with E-state index in [1.807, 2.05) is 37.3 Å². The van der Waals surface area contributed by atoms with E-state index in [1.54, 1.807) is 48.9 Å². The van der Waals surface area contributed by atoms with Crippen LogP contribution in [0.3, 0.4) is 0 Å². The van der Waals surface area contributed by atoms with Crippen LogP contribution in [0.5, 0.6) is 0 Å². The maximum atomic E-state index is 12.8. The third-order valence-corrected chi connectivity index (χ3v) is 5.32. The zero-order valence-electron chi connectivity index (χ0n) is 17.7. The van der Waals surface area contributed by atoms with Crippen molar-refractivity contribution in [3.63, 3.8) is 0 Å². The summed E-state index contributed by atoms with van der Waals surface area (Å²) in [6.07, 6.45) is 3.38. The van der Waals surface area contributed by atoms with Crippen molar-refractivity contribution in [3.05, 3.63) is 89.6 Å². The van der Waals surface area contributed by atoms with Gasteiger partial charge in [0.1, 0.15) is 5.03 Å². The van der Waals surface area contributed by atoms with E-state index in [0.29, 0.717) is 21.8 Å². The van der Waals surface area contributed by atoms with Crippen molar-refractivity contribution in [1.29, 1.82) is 0 Å². The molecule has 1 aromatic heterocycles. The molecule has 0 saturated carbocycles. The second kappa shape index (κ2) is 11.1. The second-order valence-electron chi connectivity index (χ2n) is 6.84. The predicted molar refractivity (Wildman–Crippen MR) is 124 cm³/mol. The fourth-order valence-corrected chi connectivity index (χ4v) is 3.53. The highest BCUT2D eigenvalue weighted by Crippen LogP contribution is 2.19. The summed E-state index contributed by atoms with van der Waals surface area (Å²) < 4.78 is 5.12. The summed E-state index contributed by atoms with van der Waals surface area (Å²) in [5, 5.41) is 6.09. The molecular formula is C24H23N3O4S. The van der Waals surface area contributed by atoms with Crippen molar-refractivity contribution in [2.45, 2.75) is 18.0 Å². The zero-order chi connectivity index (χ0) is 22.9. The number of nitrogens with one attached hydrogen (secondary N) is 2. The van der Waals surface area contributed by atoms with Gasteiger partial charge >= 0.3 is 5.97 Å². The van der Waals surface area contributed by atoms with E-state index in [0.717, 1.165) is 5.56 Å². The summed E-state index contributed by atoms with van der Waals surface area (Å²) in [5.74, 6) is -1.51. The highest BCUT2D eigenvalue weighted by Gasteiger charge is 2.18. The van der Waals surface area contributed by atoms with Crippen LogP contribution in [0.4, 0.5) is 5.69 Å². The van der Waals surface area contributed by atoms with Crippen LogP contribution in [0, 0.1) is 0 Å². The highest BCUT2D eigenvalue weighted by atomic mass is 32.2. The number of benzene rings is 2. The van der Waals surface area contributed by atoms with Gasteiger partial charge in [-0.1, -0.05) is 42.5 Å². The summed E-state index contributed by atoms with van der Waals surface area (Å²) in [4.78, 5) is 41.6. The van der Waals surface area contributed by atoms with Crippen LogP contribution in [0.25, 0.3) is 0 Å². The second-order valence-corrected chi connectivity index (χ2v) is 7.63. The number of carbonyl (C=O) groups is 3. The van der Waals surface area contributed by atoms with Gasteiger partial charge in [-0.2, -0.15) is 0 Å². The van der Waals surface area contributed by atoms with Gasteiger partial charge in [-0.15, -0.1) is 11.8 Å². The summed E-state index contributed by atoms with van der Waals surface area (Å²) in [7, 11) is 0. The van der Waals surface area contributed by atoms with Crippen molar-refractivity contribution in [1.82, 2.24) is 10.3 Å². The van der Waals surface area contributed by atoms with Crippen LogP contribution in [-0.2, 0) is 9.53 Å². The fourth-order valence-electron chi connectivity index (χ4n) is 2.99. The summed E-state index contributed by atoms with van der Waals surface area (Å²) in [5.41, 5.74) is 1.90. The highest BCUT2D eigenvalue weighted by molar-refractivity contribution is 7.98. The first-order valence-corrected chi connectivity index (χ1v) is 11.1. The Morgan fingerprint density at radius 3 is 2.41 bits per heavy atom. The summed E-state index contributed by atoms with van der Waals surface area (Å²) >= 11 is 1.31. The van der Waals surface area contributed by atoms with Gasteiger partial charge in [0.05, 0.1) is 22.9 Å². The lowest BCUT2D eigenvalue weighted by atomic mass is 10.1. The number of carbonyl (C=O) groups excluding carboxylic acids is 3. The average Bonchev–Trinajstić information content (AvgIpc) is 2.83. The third kappa shape index (κ3) is 5.95. The van der Waals surface area contributed by atoms with Gasteiger partial charge in [0, 0.05) is 6.20 Å². The first kappa shape index (κ1) is 23.0. The van der Waals surface area contributed by atoms with Crippen LogP contribution >= 0.6 is 11.8 Å². The van der Waals surface area contributed by atoms with Gasteiger partial charge in [-0.25, -0.2) is 9.78 Å². The topological polar surface area (TPSA) is 97.4 Å². The minimum Gasteiger partial charge on any atom is -0.452 e. The smallest absolute Gasteiger partial charge is 0.341 e. The molecule has 0 aliphatic rings. The normalized spacial score (nSPS) is 11.3. The molecule has 0 spiro atoms. The predicted octanol–water partition coefficient (Wildman–Crippen LogP) is 4.09. The number of anilines is 1. The molecule has 8 heteroatoms. The quantitative estimate of drug-likeness (QED) is 0.397. The molecule has 0 radical (unpaired) electrons. The van der Waals surface area contributed by atoms with Gasteiger partial charge < -0.3 is 15.4 Å². The number of pyridine rings is 1. The molecule has 1 heterocycles. The van der Waals surface area contributed by atoms with Crippen LogP contribution < -0.4 is 10.6 Å². The Morgan fingerprint density at radius 2 is 1.66 bits per heavy atom. The van der Waals surface area contributed by atoms with E-state index in [4.69, 9.17) is 4.74 Å². The van der Waals surface area contributed by atoms with E-state index >= 15 is 0 Å². The largest absolute Gasteiger partial charge is 0.452 e. The molecule has 0 fully saturated rings. The van der Waals surface area contributed by atoms with Crippen molar-refractivity contribution >= 4 is 35.2 Å². The molecule has 1 atom stereocenters. The molecular weight excluding hydrogens is 426 g/mol. The number of amides is 2. The number of aromatic nitrogens is 1. The lowest BCUT2D eigenvalue weighted by molar-refractivity contribution is -0.119. The van der Waals surface area contributed by atoms with E-state index in [2.05, 4.69) is 15.6 Å². The van der Waals surface area contributed by atoms with Crippen LogP contribution in [-0.4, -0.2) is 35.6 Å². The standard InChI is InChI=1S/C24H23N3O4S/c1-16(17-9-4-3-5-10-17)26-22(29)18-11-6-7-13-20(18)27-21(28)15-31-24(30)19-12-8-14-25-23(19)32-2/h3-14,16H,15H2,1-2H3,(H,26,29)(H,27,28). The number of hydrogen-bond acceptors (Lipinski definition) is 6. The Balaban J connectivity index is 1.62.